The summed E-state index contributed by atoms with van der Waals surface area (Å²) in [6.07, 6.45) is 1.35. The molecule has 3 unspecified atom stereocenters. The number of amides is 4. The average Bonchev–Trinajstić information content (AvgIpc) is 3.72. The van der Waals surface area contributed by atoms with Crippen LogP contribution in [0, 0.1) is 5.92 Å². The first kappa shape index (κ1) is 41.2. The van der Waals surface area contributed by atoms with Crippen LogP contribution in [-0.4, -0.2) is 69.7 Å². The number of fused-ring (bicyclic) bond motifs is 1. The molecular formula is C44H52N6O6. The highest BCUT2D eigenvalue weighted by Crippen LogP contribution is 2.21. The Labute approximate surface area is 327 Å². The summed E-state index contributed by atoms with van der Waals surface area (Å²) in [6.45, 7) is 6.32. The van der Waals surface area contributed by atoms with Crippen molar-refractivity contribution in [1.29, 1.82) is 0 Å². The molecule has 0 aliphatic heterocycles. The van der Waals surface area contributed by atoms with Crippen LogP contribution in [0.5, 0.6) is 0 Å². The number of aromatic nitrogens is 2. The van der Waals surface area contributed by atoms with Crippen LogP contribution in [0.15, 0.2) is 116 Å². The van der Waals surface area contributed by atoms with Crippen LogP contribution >= 0.6 is 0 Å². The number of H-pyrrole nitrogens is 1. The van der Waals surface area contributed by atoms with Gasteiger partial charge in [0.05, 0.1) is 24.9 Å². The van der Waals surface area contributed by atoms with Crippen molar-refractivity contribution in [3.05, 3.63) is 138 Å². The Morgan fingerprint density at radius 2 is 1.43 bits per heavy atom. The molecule has 0 spiro atoms. The maximum atomic E-state index is 14.2. The smallest absolute Gasteiger partial charge is 0.408 e. The Balaban J connectivity index is 1.31. The van der Waals surface area contributed by atoms with E-state index in [1.807, 2.05) is 124 Å². The third-order valence-electron chi connectivity index (χ3n) is 9.62. The van der Waals surface area contributed by atoms with Gasteiger partial charge >= 0.3 is 6.09 Å². The molecule has 0 radical (unpaired) electrons. The minimum absolute atomic E-state index is 0.00375. The maximum Gasteiger partial charge on any atom is 0.408 e. The standard InChI is InChI=1S/C44H52N6O6/c1-29(2)21-37(40(51)24-41(52)46-25-30(3)32-15-8-5-9-16-32)48-43(54)39(23-35-26-45-28-47-35)49-42(53)38(50-44(55)56-27-31-13-6-4-7-14-31)22-34-19-12-18-33-17-10-11-20-36(33)34/h4-20,26,28-30,37-40,51H,21-25,27H2,1-3H3,(H,45,47)(H,46,52)(H,48,54)(H,49,53)(H,50,55)/t30?,37?,38-,39-,40?/m0/s1. The Morgan fingerprint density at radius 3 is 2.14 bits per heavy atom. The van der Waals surface area contributed by atoms with E-state index in [0.717, 1.165) is 27.5 Å². The first-order valence-electron chi connectivity index (χ1n) is 19.1. The van der Waals surface area contributed by atoms with Gasteiger partial charge in [0.15, 0.2) is 0 Å². The molecule has 56 heavy (non-hydrogen) atoms. The summed E-state index contributed by atoms with van der Waals surface area (Å²) in [5.41, 5.74) is 3.27. The van der Waals surface area contributed by atoms with E-state index >= 15 is 0 Å². The monoisotopic (exact) mass is 760 g/mol. The molecule has 1 heterocycles. The van der Waals surface area contributed by atoms with Crippen molar-refractivity contribution in [3.8, 4) is 0 Å². The second-order valence-corrected chi connectivity index (χ2v) is 14.6. The fraction of sp³-hybridized carbons (Fsp3) is 0.341. The summed E-state index contributed by atoms with van der Waals surface area (Å²) >= 11 is 0. The number of alkyl carbamates (subject to hydrolysis) is 1. The van der Waals surface area contributed by atoms with Crippen molar-refractivity contribution in [3.63, 3.8) is 0 Å². The second-order valence-electron chi connectivity index (χ2n) is 14.6. The van der Waals surface area contributed by atoms with E-state index in [9.17, 15) is 24.3 Å². The Kier molecular flexibility index (Phi) is 15.1. The van der Waals surface area contributed by atoms with E-state index in [1.54, 1.807) is 6.20 Å². The summed E-state index contributed by atoms with van der Waals surface area (Å²) in [5.74, 6) is -1.38. The number of benzene rings is 4. The van der Waals surface area contributed by atoms with E-state index < -0.39 is 42.1 Å². The molecule has 0 bridgehead atoms. The molecule has 4 amide bonds. The highest BCUT2D eigenvalue weighted by molar-refractivity contribution is 5.93. The molecule has 294 valence electrons. The topological polar surface area (TPSA) is 175 Å². The van der Waals surface area contributed by atoms with Gasteiger partial charge in [-0.05, 0) is 45.7 Å². The number of rotatable bonds is 19. The van der Waals surface area contributed by atoms with Gasteiger partial charge in [-0.25, -0.2) is 9.78 Å². The van der Waals surface area contributed by atoms with Gasteiger partial charge in [-0.2, -0.15) is 0 Å². The lowest BCUT2D eigenvalue weighted by Crippen LogP contribution is -2.57. The van der Waals surface area contributed by atoms with Crippen LogP contribution in [0.2, 0.25) is 0 Å². The van der Waals surface area contributed by atoms with Crippen LogP contribution in [0.3, 0.4) is 0 Å². The third kappa shape index (κ3) is 12.5. The number of carbonyl (C=O) groups is 4. The molecule has 0 saturated heterocycles. The van der Waals surface area contributed by atoms with Gasteiger partial charge in [0.1, 0.15) is 18.7 Å². The van der Waals surface area contributed by atoms with E-state index in [1.165, 1.54) is 6.33 Å². The van der Waals surface area contributed by atoms with Crippen LogP contribution in [0.25, 0.3) is 10.8 Å². The zero-order chi connectivity index (χ0) is 39.9. The Morgan fingerprint density at radius 1 is 0.768 bits per heavy atom. The van der Waals surface area contributed by atoms with Crippen LogP contribution < -0.4 is 21.3 Å². The minimum atomic E-state index is -1.20. The van der Waals surface area contributed by atoms with Crippen molar-refractivity contribution in [2.24, 2.45) is 5.92 Å². The fourth-order valence-electron chi connectivity index (χ4n) is 6.58. The minimum Gasteiger partial charge on any atom is -0.445 e. The summed E-state index contributed by atoms with van der Waals surface area (Å²) < 4.78 is 5.49. The number of hydrogen-bond acceptors (Lipinski definition) is 7. The van der Waals surface area contributed by atoms with E-state index in [0.29, 0.717) is 18.7 Å². The molecule has 4 aromatic carbocycles. The average molecular weight is 761 g/mol. The van der Waals surface area contributed by atoms with E-state index in [2.05, 4.69) is 31.2 Å². The van der Waals surface area contributed by atoms with Crippen molar-refractivity contribution in [2.45, 2.75) is 83.2 Å². The van der Waals surface area contributed by atoms with Gasteiger partial charge in [-0.15, -0.1) is 0 Å². The lowest BCUT2D eigenvalue weighted by molar-refractivity contribution is -0.131. The molecule has 12 nitrogen and oxygen atoms in total. The quantitative estimate of drug-likeness (QED) is 0.0660. The second kappa shape index (κ2) is 20.6. The van der Waals surface area contributed by atoms with Crippen molar-refractivity contribution < 1.29 is 29.0 Å². The predicted molar refractivity (Wildman–Crippen MR) is 215 cm³/mol. The lowest BCUT2D eigenvalue weighted by atomic mass is 9.96. The van der Waals surface area contributed by atoms with E-state index in [-0.39, 0.29) is 43.6 Å². The van der Waals surface area contributed by atoms with Crippen LogP contribution in [0.1, 0.15) is 61.9 Å². The van der Waals surface area contributed by atoms with Crippen molar-refractivity contribution in [2.75, 3.05) is 6.54 Å². The molecule has 0 aliphatic carbocycles. The van der Waals surface area contributed by atoms with Gasteiger partial charge in [0, 0.05) is 31.3 Å². The molecule has 5 aromatic rings. The SMILES string of the molecule is CC(C)CC(NC(=O)[C@H](Cc1cnc[nH]1)NC(=O)[C@H](Cc1cccc2ccccc12)NC(=O)OCc1ccccc1)C(O)CC(=O)NCC(C)c1ccccc1. The molecule has 0 fully saturated rings. The first-order chi connectivity index (χ1) is 27.0. The first-order valence-corrected chi connectivity index (χ1v) is 19.1. The van der Waals surface area contributed by atoms with Gasteiger partial charge in [-0.1, -0.05) is 124 Å². The molecule has 5 atom stereocenters. The van der Waals surface area contributed by atoms with Crippen molar-refractivity contribution in [1.82, 2.24) is 31.2 Å². The number of carbonyl (C=O) groups excluding carboxylic acids is 4. The van der Waals surface area contributed by atoms with Gasteiger partial charge in [0.25, 0.3) is 0 Å². The normalized spacial score (nSPS) is 13.9. The number of ether oxygens (including phenoxy) is 1. The predicted octanol–water partition coefficient (Wildman–Crippen LogP) is 5.33. The number of hydrogen-bond donors (Lipinski definition) is 6. The summed E-state index contributed by atoms with van der Waals surface area (Å²) in [4.78, 5) is 61.5. The van der Waals surface area contributed by atoms with Gasteiger partial charge < -0.3 is 36.1 Å². The lowest BCUT2D eigenvalue weighted by Gasteiger charge is -2.29. The zero-order valence-electron chi connectivity index (χ0n) is 32.1. The number of nitrogens with one attached hydrogen (secondary N) is 5. The Hall–Kier alpha value is -6.01. The van der Waals surface area contributed by atoms with Gasteiger partial charge in [0.2, 0.25) is 17.7 Å². The number of nitrogens with zero attached hydrogens (tertiary/aromatic N) is 1. The maximum absolute atomic E-state index is 14.2. The highest BCUT2D eigenvalue weighted by Gasteiger charge is 2.32. The number of aliphatic hydroxyl groups excluding tert-OH is 1. The number of aliphatic hydroxyl groups is 1. The van der Waals surface area contributed by atoms with Crippen molar-refractivity contribution >= 4 is 34.6 Å². The zero-order valence-corrected chi connectivity index (χ0v) is 32.1. The van der Waals surface area contributed by atoms with Crippen LogP contribution in [0.4, 0.5) is 4.79 Å². The molecule has 12 heteroatoms. The van der Waals surface area contributed by atoms with Crippen LogP contribution in [-0.2, 0) is 38.6 Å². The fourth-order valence-corrected chi connectivity index (χ4v) is 6.58. The third-order valence-corrected chi connectivity index (χ3v) is 9.62. The van der Waals surface area contributed by atoms with Gasteiger partial charge in [-0.3, -0.25) is 14.4 Å². The molecule has 0 aliphatic rings. The molecule has 5 rings (SSSR count). The summed E-state index contributed by atoms with van der Waals surface area (Å²) in [5, 5.41) is 24.6. The Bertz CT molecular complexity index is 2000. The summed E-state index contributed by atoms with van der Waals surface area (Å²) in [6, 6.07) is 29.5. The largest absolute Gasteiger partial charge is 0.445 e. The number of imidazole rings is 1. The van der Waals surface area contributed by atoms with E-state index in [4.69, 9.17) is 4.74 Å². The molecule has 6 N–H and O–H groups in total. The molecule has 0 saturated carbocycles. The molecular weight excluding hydrogens is 709 g/mol. The summed E-state index contributed by atoms with van der Waals surface area (Å²) in [7, 11) is 0. The molecule has 1 aromatic heterocycles. The number of aromatic amines is 1. The highest BCUT2D eigenvalue weighted by atomic mass is 16.5.